The second-order valence-electron chi connectivity index (χ2n) is 6.10. The van der Waals surface area contributed by atoms with E-state index < -0.39 is 0 Å². The normalized spacial score (nSPS) is 23.8. The molecule has 22 heavy (non-hydrogen) atoms. The van der Waals surface area contributed by atoms with Crippen LogP contribution in [0.2, 0.25) is 0 Å². The Morgan fingerprint density at radius 1 is 1.09 bits per heavy atom. The third-order valence-electron chi connectivity index (χ3n) is 4.51. The Morgan fingerprint density at radius 3 is 2.36 bits per heavy atom. The number of aryl methyl sites for hydroxylation is 2. The highest BCUT2D eigenvalue weighted by Crippen LogP contribution is 2.34. The molecule has 1 heterocycles. The lowest BCUT2D eigenvalue weighted by Gasteiger charge is -2.16. The van der Waals surface area contributed by atoms with Gasteiger partial charge < -0.3 is 4.74 Å². The van der Waals surface area contributed by atoms with Crippen LogP contribution in [0.25, 0.3) is 0 Å². The highest BCUT2D eigenvalue weighted by molar-refractivity contribution is 6.05. The SMILES string of the molecule is Cc1ccc(C)c(OCCN2C(=O)C3CC=CCC3C2=O)c1. The molecule has 1 aliphatic carbocycles. The molecule has 1 aromatic carbocycles. The molecule has 2 aliphatic rings. The van der Waals surface area contributed by atoms with Gasteiger partial charge in [-0.05, 0) is 43.9 Å². The highest BCUT2D eigenvalue weighted by atomic mass is 16.5. The van der Waals surface area contributed by atoms with Crippen LogP contribution < -0.4 is 4.74 Å². The monoisotopic (exact) mass is 299 g/mol. The Balaban J connectivity index is 1.61. The van der Waals surface area contributed by atoms with Crippen LogP contribution in [0.1, 0.15) is 24.0 Å². The first-order valence-corrected chi connectivity index (χ1v) is 7.78. The zero-order chi connectivity index (χ0) is 15.7. The van der Waals surface area contributed by atoms with Crippen molar-refractivity contribution in [3.8, 4) is 5.75 Å². The Kier molecular flexibility index (Phi) is 4.01. The van der Waals surface area contributed by atoms with Crippen LogP contribution in [0.15, 0.2) is 30.4 Å². The number of carbonyl (C=O) groups excluding carboxylic acids is 2. The van der Waals surface area contributed by atoms with Crippen LogP contribution in [0.4, 0.5) is 0 Å². The van der Waals surface area contributed by atoms with E-state index in [2.05, 4.69) is 0 Å². The number of benzene rings is 1. The van der Waals surface area contributed by atoms with Crippen molar-refractivity contribution in [3.05, 3.63) is 41.5 Å². The second-order valence-corrected chi connectivity index (χ2v) is 6.10. The van der Waals surface area contributed by atoms with Crippen molar-refractivity contribution in [1.82, 2.24) is 4.90 Å². The molecule has 0 spiro atoms. The minimum Gasteiger partial charge on any atom is -0.491 e. The maximum atomic E-state index is 12.3. The summed E-state index contributed by atoms with van der Waals surface area (Å²) in [6.45, 7) is 4.67. The molecule has 116 valence electrons. The molecule has 0 saturated carbocycles. The third kappa shape index (κ3) is 2.65. The molecule has 1 fully saturated rings. The Labute approximate surface area is 130 Å². The predicted molar refractivity (Wildman–Crippen MR) is 83.5 cm³/mol. The number of allylic oxidation sites excluding steroid dienone is 2. The summed E-state index contributed by atoms with van der Waals surface area (Å²) in [5, 5.41) is 0. The van der Waals surface area contributed by atoms with E-state index in [4.69, 9.17) is 4.74 Å². The summed E-state index contributed by atoms with van der Waals surface area (Å²) >= 11 is 0. The van der Waals surface area contributed by atoms with Crippen LogP contribution in [-0.2, 0) is 9.59 Å². The molecule has 0 N–H and O–H groups in total. The van der Waals surface area contributed by atoms with Gasteiger partial charge in [-0.15, -0.1) is 0 Å². The average Bonchev–Trinajstić information content (AvgIpc) is 2.76. The fourth-order valence-corrected chi connectivity index (χ4v) is 3.20. The predicted octanol–water partition coefficient (Wildman–Crippen LogP) is 2.63. The van der Waals surface area contributed by atoms with Gasteiger partial charge in [0.25, 0.3) is 0 Å². The first-order valence-electron chi connectivity index (χ1n) is 7.78. The molecule has 0 bridgehead atoms. The van der Waals surface area contributed by atoms with E-state index in [1.54, 1.807) is 0 Å². The van der Waals surface area contributed by atoms with Crippen molar-refractivity contribution < 1.29 is 14.3 Å². The maximum absolute atomic E-state index is 12.3. The van der Waals surface area contributed by atoms with E-state index >= 15 is 0 Å². The molecular formula is C18H21NO3. The Bertz CT molecular complexity index is 609. The molecule has 1 saturated heterocycles. The molecule has 0 aromatic heterocycles. The second kappa shape index (κ2) is 5.95. The largest absolute Gasteiger partial charge is 0.491 e. The van der Waals surface area contributed by atoms with Gasteiger partial charge in [0.15, 0.2) is 0 Å². The van der Waals surface area contributed by atoms with Gasteiger partial charge in [0, 0.05) is 0 Å². The lowest BCUT2D eigenvalue weighted by molar-refractivity contribution is -0.140. The number of imide groups is 1. The lowest BCUT2D eigenvalue weighted by atomic mass is 9.85. The van der Waals surface area contributed by atoms with E-state index in [9.17, 15) is 9.59 Å². The summed E-state index contributed by atoms with van der Waals surface area (Å²) in [6.07, 6.45) is 5.37. The van der Waals surface area contributed by atoms with Crippen LogP contribution in [0, 0.1) is 25.7 Å². The molecule has 2 amide bonds. The van der Waals surface area contributed by atoms with Crippen molar-refractivity contribution in [1.29, 1.82) is 0 Å². The van der Waals surface area contributed by atoms with Crippen LogP contribution in [-0.4, -0.2) is 29.9 Å². The number of fused-ring (bicyclic) bond motifs is 1. The number of rotatable bonds is 4. The van der Waals surface area contributed by atoms with Crippen molar-refractivity contribution in [2.24, 2.45) is 11.8 Å². The number of hydrogen-bond acceptors (Lipinski definition) is 3. The number of ether oxygens (including phenoxy) is 1. The van der Waals surface area contributed by atoms with Crippen LogP contribution in [0.3, 0.4) is 0 Å². The van der Waals surface area contributed by atoms with Crippen LogP contribution >= 0.6 is 0 Å². The molecule has 3 rings (SSSR count). The summed E-state index contributed by atoms with van der Waals surface area (Å²) in [4.78, 5) is 26.0. The van der Waals surface area contributed by atoms with E-state index in [-0.39, 0.29) is 23.7 Å². The van der Waals surface area contributed by atoms with E-state index in [0.717, 1.165) is 16.9 Å². The number of nitrogens with zero attached hydrogens (tertiary/aromatic N) is 1. The van der Waals surface area contributed by atoms with Crippen molar-refractivity contribution in [2.75, 3.05) is 13.2 Å². The first kappa shape index (κ1) is 14.8. The first-order chi connectivity index (χ1) is 10.6. The lowest BCUT2D eigenvalue weighted by Crippen LogP contribution is -2.34. The molecule has 2 unspecified atom stereocenters. The smallest absolute Gasteiger partial charge is 0.233 e. The van der Waals surface area contributed by atoms with Gasteiger partial charge in [0.1, 0.15) is 12.4 Å². The minimum atomic E-state index is -0.154. The highest BCUT2D eigenvalue weighted by Gasteiger charge is 2.46. The topological polar surface area (TPSA) is 46.6 Å². The minimum absolute atomic E-state index is 0.0380. The Morgan fingerprint density at radius 2 is 1.73 bits per heavy atom. The summed E-state index contributed by atoms with van der Waals surface area (Å²) in [5.41, 5.74) is 2.19. The number of amides is 2. The van der Waals surface area contributed by atoms with Gasteiger partial charge in [-0.25, -0.2) is 0 Å². The van der Waals surface area contributed by atoms with Crippen molar-refractivity contribution in [2.45, 2.75) is 26.7 Å². The van der Waals surface area contributed by atoms with E-state index in [1.807, 2.05) is 44.2 Å². The molecule has 1 aromatic rings. The fourth-order valence-electron chi connectivity index (χ4n) is 3.20. The molecule has 4 heteroatoms. The number of carbonyl (C=O) groups is 2. The Hall–Kier alpha value is -2.10. The van der Waals surface area contributed by atoms with Gasteiger partial charge in [0.2, 0.25) is 11.8 Å². The molecule has 1 aliphatic heterocycles. The number of likely N-dealkylation sites (tertiary alicyclic amines) is 1. The molecule has 0 radical (unpaired) electrons. The number of hydrogen-bond donors (Lipinski definition) is 0. The fraction of sp³-hybridized carbons (Fsp3) is 0.444. The molecule has 4 nitrogen and oxygen atoms in total. The van der Waals surface area contributed by atoms with Gasteiger partial charge in [-0.3, -0.25) is 14.5 Å². The molecular weight excluding hydrogens is 278 g/mol. The van der Waals surface area contributed by atoms with Gasteiger partial charge >= 0.3 is 0 Å². The van der Waals surface area contributed by atoms with Crippen LogP contribution in [0.5, 0.6) is 5.75 Å². The third-order valence-corrected chi connectivity index (χ3v) is 4.51. The van der Waals surface area contributed by atoms with Gasteiger partial charge in [0.05, 0.1) is 18.4 Å². The summed E-state index contributed by atoms with van der Waals surface area (Å²) in [7, 11) is 0. The standard InChI is InChI=1S/C18H21NO3/c1-12-7-8-13(2)16(11-12)22-10-9-19-17(20)14-5-3-4-6-15(14)18(19)21/h3-4,7-8,11,14-15H,5-6,9-10H2,1-2H3. The summed E-state index contributed by atoms with van der Waals surface area (Å²) in [6, 6.07) is 6.02. The zero-order valence-electron chi connectivity index (χ0n) is 13.0. The van der Waals surface area contributed by atoms with Gasteiger partial charge in [-0.1, -0.05) is 24.3 Å². The summed E-state index contributed by atoms with van der Waals surface area (Å²) in [5.74, 6) is 0.433. The maximum Gasteiger partial charge on any atom is 0.233 e. The quantitative estimate of drug-likeness (QED) is 0.634. The van der Waals surface area contributed by atoms with E-state index in [1.165, 1.54) is 4.90 Å². The zero-order valence-corrected chi connectivity index (χ0v) is 13.0. The summed E-state index contributed by atoms with van der Waals surface area (Å²) < 4.78 is 5.77. The average molecular weight is 299 g/mol. The van der Waals surface area contributed by atoms with Crippen molar-refractivity contribution >= 4 is 11.8 Å². The van der Waals surface area contributed by atoms with Crippen molar-refractivity contribution in [3.63, 3.8) is 0 Å². The molecule has 2 atom stereocenters. The van der Waals surface area contributed by atoms with Gasteiger partial charge in [-0.2, -0.15) is 0 Å². The van der Waals surface area contributed by atoms with E-state index in [0.29, 0.717) is 26.0 Å².